The summed E-state index contributed by atoms with van der Waals surface area (Å²) in [5.74, 6) is 0. The van der Waals surface area contributed by atoms with Crippen molar-refractivity contribution < 1.29 is 0 Å². The summed E-state index contributed by atoms with van der Waals surface area (Å²) in [6, 6.07) is 7.25. The fourth-order valence-electron chi connectivity index (χ4n) is 2.23. The van der Waals surface area contributed by atoms with Gasteiger partial charge in [-0.1, -0.05) is 18.0 Å². The van der Waals surface area contributed by atoms with E-state index in [1.54, 1.807) is 12.1 Å². The summed E-state index contributed by atoms with van der Waals surface area (Å²) in [5, 5.41) is 8.70. The number of hydrogen-bond donors (Lipinski definition) is 1. The minimum Gasteiger partial charge on any atom is -0.330 e. The van der Waals surface area contributed by atoms with Crippen LogP contribution in [-0.2, 0) is 0 Å². The molecule has 0 unspecified atom stereocenters. The van der Waals surface area contributed by atoms with Crippen molar-refractivity contribution in [3.63, 3.8) is 0 Å². The van der Waals surface area contributed by atoms with Gasteiger partial charge in [0.1, 0.15) is 0 Å². The summed E-state index contributed by atoms with van der Waals surface area (Å²) in [6.45, 7) is 0. The Morgan fingerprint density at radius 2 is 1.90 bits per heavy atom. The number of aromatic nitrogens is 2. The summed E-state index contributed by atoms with van der Waals surface area (Å²) < 4.78 is 1.36. The third-order valence-electron chi connectivity index (χ3n) is 3.29. The first-order valence-electron chi connectivity index (χ1n) is 6.90. The van der Waals surface area contributed by atoms with Gasteiger partial charge >= 0.3 is 5.69 Å². The molecule has 1 saturated carbocycles. The fraction of sp³-hybridized carbons (Fsp3) is 0.357. The molecular formula is C14H15ClN4OS. The van der Waals surface area contributed by atoms with Crippen molar-refractivity contribution in [2.24, 2.45) is 5.10 Å². The van der Waals surface area contributed by atoms with Crippen molar-refractivity contribution in [2.45, 2.75) is 32.1 Å². The van der Waals surface area contributed by atoms with Crippen LogP contribution >= 0.6 is 23.1 Å². The predicted molar refractivity (Wildman–Crippen MR) is 87.0 cm³/mol. The van der Waals surface area contributed by atoms with E-state index in [-0.39, 0.29) is 5.69 Å². The highest BCUT2D eigenvalue weighted by molar-refractivity contribution is 7.10. The summed E-state index contributed by atoms with van der Waals surface area (Å²) in [5.41, 5.74) is 1.59. The first-order chi connectivity index (χ1) is 10.2. The zero-order valence-corrected chi connectivity index (χ0v) is 13.0. The number of rotatable bonds is 3. The maximum absolute atomic E-state index is 11.9. The zero-order valence-electron chi connectivity index (χ0n) is 11.4. The molecule has 0 radical (unpaired) electrons. The average molecular weight is 323 g/mol. The highest BCUT2D eigenvalue weighted by Crippen LogP contribution is 2.20. The van der Waals surface area contributed by atoms with Crippen LogP contribution < -0.4 is 11.0 Å². The van der Waals surface area contributed by atoms with E-state index >= 15 is 0 Å². The van der Waals surface area contributed by atoms with E-state index in [4.69, 9.17) is 11.6 Å². The molecule has 0 spiro atoms. The van der Waals surface area contributed by atoms with Crippen LogP contribution in [0, 0.1) is 0 Å². The van der Waals surface area contributed by atoms with Gasteiger partial charge in [0.25, 0.3) is 0 Å². The largest absolute Gasteiger partial charge is 0.380 e. The van der Waals surface area contributed by atoms with Crippen LogP contribution in [0.4, 0.5) is 10.8 Å². The number of anilines is 2. The minimum absolute atomic E-state index is 0.338. The second-order valence-corrected chi connectivity index (χ2v) is 6.27. The molecule has 1 aromatic heterocycles. The van der Waals surface area contributed by atoms with Crippen LogP contribution in [0.15, 0.2) is 34.2 Å². The molecule has 3 rings (SSSR count). The number of nitrogens with one attached hydrogen (secondary N) is 1. The van der Waals surface area contributed by atoms with Crippen molar-refractivity contribution in [1.82, 2.24) is 9.05 Å². The van der Waals surface area contributed by atoms with Gasteiger partial charge in [0.15, 0.2) is 0 Å². The number of nitrogens with zero attached hydrogens (tertiary/aromatic N) is 3. The second kappa shape index (κ2) is 6.41. The minimum atomic E-state index is -0.338. The third kappa shape index (κ3) is 3.71. The highest BCUT2D eigenvalue weighted by atomic mass is 35.5. The van der Waals surface area contributed by atoms with Crippen LogP contribution in [0.5, 0.6) is 0 Å². The van der Waals surface area contributed by atoms with E-state index in [2.05, 4.69) is 15.4 Å². The monoisotopic (exact) mass is 322 g/mol. The van der Waals surface area contributed by atoms with Crippen LogP contribution in [0.2, 0.25) is 5.02 Å². The molecule has 0 amide bonds. The lowest BCUT2D eigenvalue weighted by Crippen LogP contribution is -2.15. The van der Waals surface area contributed by atoms with Crippen LogP contribution in [-0.4, -0.2) is 14.8 Å². The zero-order chi connectivity index (χ0) is 14.7. The van der Waals surface area contributed by atoms with E-state index < -0.39 is 0 Å². The van der Waals surface area contributed by atoms with Gasteiger partial charge in [0, 0.05) is 28.0 Å². The molecule has 1 N–H and O–H groups in total. The molecular weight excluding hydrogens is 308 g/mol. The maximum atomic E-state index is 11.9. The molecule has 0 saturated heterocycles. The Kier molecular flexibility index (Phi) is 4.36. The average Bonchev–Trinajstić information content (AvgIpc) is 2.82. The molecule has 110 valence electrons. The van der Waals surface area contributed by atoms with Gasteiger partial charge in [-0.15, -0.1) is 4.07 Å². The Labute approximate surface area is 131 Å². The normalized spacial score (nSPS) is 15.0. The van der Waals surface area contributed by atoms with Gasteiger partial charge in [-0.05, 0) is 49.9 Å². The second-order valence-electron chi connectivity index (χ2n) is 4.92. The third-order valence-corrected chi connectivity index (χ3v) is 4.32. The first-order valence-corrected chi connectivity index (χ1v) is 8.05. The van der Waals surface area contributed by atoms with Gasteiger partial charge in [0.05, 0.1) is 0 Å². The van der Waals surface area contributed by atoms with Crippen LogP contribution in [0.3, 0.4) is 0 Å². The van der Waals surface area contributed by atoms with Crippen LogP contribution in [0.1, 0.15) is 32.1 Å². The topological polar surface area (TPSA) is 59.3 Å². The van der Waals surface area contributed by atoms with Crippen molar-refractivity contribution in [2.75, 3.05) is 5.32 Å². The quantitative estimate of drug-likeness (QED) is 0.933. The smallest absolute Gasteiger partial charge is 0.330 e. The number of benzene rings is 1. The first kappa shape index (κ1) is 14.3. The van der Waals surface area contributed by atoms with E-state index in [1.165, 1.54) is 22.0 Å². The van der Waals surface area contributed by atoms with Crippen molar-refractivity contribution >= 4 is 39.7 Å². The maximum Gasteiger partial charge on any atom is 0.380 e. The lowest BCUT2D eigenvalue weighted by atomic mass is 9.99. The molecule has 1 aliphatic rings. The SMILES string of the molecule is O=c1nc(Nc2ccc(Cl)cc2)sn1N=C1CCCCC1. The Balaban J connectivity index is 1.77. The Morgan fingerprint density at radius 3 is 2.62 bits per heavy atom. The Hall–Kier alpha value is -1.66. The molecule has 0 aliphatic heterocycles. The van der Waals surface area contributed by atoms with Crippen LogP contribution in [0.25, 0.3) is 0 Å². The van der Waals surface area contributed by atoms with Crippen molar-refractivity contribution in [3.8, 4) is 0 Å². The summed E-state index contributed by atoms with van der Waals surface area (Å²) in [4.78, 5) is 15.8. The predicted octanol–water partition coefficient (Wildman–Crippen LogP) is 3.87. The van der Waals surface area contributed by atoms with Gasteiger partial charge in [-0.25, -0.2) is 4.79 Å². The summed E-state index contributed by atoms with van der Waals surface area (Å²) in [6.07, 6.45) is 5.51. The molecule has 0 bridgehead atoms. The molecule has 2 aromatic rings. The highest BCUT2D eigenvalue weighted by Gasteiger charge is 2.10. The Bertz CT molecular complexity index is 697. The number of hydrogen-bond acceptors (Lipinski definition) is 5. The van der Waals surface area contributed by atoms with E-state index in [0.29, 0.717) is 10.2 Å². The van der Waals surface area contributed by atoms with Crippen molar-refractivity contribution in [3.05, 3.63) is 39.8 Å². The molecule has 7 heteroatoms. The van der Waals surface area contributed by atoms with Crippen molar-refractivity contribution in [1.29, 1.82) is 0 Å². The fourth-order valence-corrected chi connectivity index (χ4v) is 3.08. The standard InChI is InChI=1S/C14H15ClN4OS/c15-10-6-8-11(9-7-10)16-13-17-14(20)19(21-13)18-12-4-2-1-3-5-12/h6-9H,1-5H2,(H,16,17,20). The molecule has 1 heterocycles. The Morgan fingerprint density at radius 1 is 1.19 bits per heavy atom. The molecule has 21 heavy (non-hydrogen) atoms. The van der Waals surface area contributed by atoms with Gasteiger partial charge in [-0.3, -0.25) is 0 Å². The van der Waals surface area contributed by atoms with Gasteiger partial charge < -0.3 is 5.32 Å². The number of halogens is 1. The van der Waals surface area contributed by atoms with E-state index in [1.807, 2.05) is 12.1 Å². The van der Waals surface area contributed by atoms with Gasteiger partial charge in [-0.2, -0.15) is 10.1 Å². The lowest BCUT2D eigenvalue weighted by Gasteiger charge is -2.10. The van der Waals surface area contributed by atoms with Gasteiger partial charge in [0.2, 0.25) is 5.13 Å². The molecule has 1 aromatic carbocycles. The molecule has 0 atom stereocenters. The van der Waals surface area contributed by atoms with E-state index in [0.717, 1.165) is 37.1 Å². The lowest BCUT2D eigenvalue weighted by molar-refractivity contribution is 0.658. The van der Waals surface area contributed by atoms with E-state index in [9.17, 15) is 4.79 Å². The summed E-state index contributed by atoms with van der Waals surface area (Å²) in [7, 11) is 0. The molecule has 5 nitrogen and oxygen atoms in total. The molecule has 1 aliphatic carbocycles. The summed E-state index contributed by atoms with van der Waals surface area (Å²) >= 11 is 7.05. The molecule has 1 fully saturated rings.